The molecular formula is C16H16FNO3. The zero-order valence-corrected chi connectivity index (χ0v) is 11.5. The molecule has 0 fully saturated rings. The molecule has 0 aromatic heterocycles. The second-order valence-corrected chi connectivity index (χ2v) is 4.53. The van der Waals surface area contributed by atoms with Gasteiger partial charge in [0.2, 0.25) is 0 Å². The number of hydrogen-bond donors (Lipinski definition) is 2. The summed E-state index contributed by atoms with van der Waals surface area (Å²) in [5.74, 6) is -1.68. The minimum Gasteiger partial charge on any atom is -0.494 e. The molecule has 1 atom stereocenters. The van der Waals surface area contributed by atoms with E-state index in [1.807, 2.05) is 6.07 Å². The van der Waals surface area contributed by atoms with Crippen molar-refractivity contribution in [2.45, 2.75) is 5.92 Å². The number of carboxylic acid groups (broad SMARTS) is 1. The number of nitrogens with one attached hydrogen (secondary N) is 1. The van der Waals surface area contributed by atoms with Crippen molar-refractivity contribution in [3.05, 3.63) is 59.9 Å². The Balaban J connectivity index is 2.15. The summed E-state index contributed by atoms with van der Waals surface area (Å²) in [6.45, 7) is 0.182. The van der Waals surface area contributed by atoms with E-state index in [1.54, 1.807) is 24.3 Å². The summed E-state index contributed by atoms with van der Waals surface area (Å²) >= 11 is 0. The third-order valence-electron chi connectivity index (χ3n) is 3.16. The monoisotopic (exact) mass is 289 g/mol. The number of hydrogen-bond acceptors (Lipinski definition) is 3. The molecule has 1 unspecified atom stereocenters. The number of ether oxygens (including phenoxy) is 1. The molecule has 4 nitrogen and oxygen atoms in total. The average molecular weight is 289 g/mol. The molecule has 2 rings (SSSR count). The Labute approximate surface area is 122 Å². The van der Waals surface area contributed by atoms with Crippen LogP contribution in [0.1, 0.15) is 11.5 Å². The van der Waals surface area contributed by atoms with Crippen molar-refractivity contribution in [1.82, 2.24) is 0 Å². The summed E-state index contributed by atoms with van der Waals surface area (Å²) in [5.41, 5.74) is 1.26. The number of carboxylic acids is 1. The summed E-state index contributed by atoms with van der Waals surface area (Å²) in [7, 11) is 1.44. The maximum Gasteiger partial charge on any atom is 0.312 e. The largest absolute Gasteiger partial charge is 0.494 e. The zero-order chi connectivity index (χ0) is 15.2. The Morgan fingerprint density at radius 2 is 2.00 bits per heavy atom. The van der Waals surface area contributed by atoms with Crippen LogP contribution in [0.2, 0.25) is 0 Å². The first-order valence-corrected chi connectivity index (χ1v) is 6.47. The summed E-state index contributed by atoms with van der Waals surface area (Å²) in [6.07, 6.45) is 0. The third-order valence-corrected chi connectivity index (χ3v) is 3.16. The molecule has 0 bridgehead atoms. The van der Waals surface area contributed by atoms with E-state index in [0.29, 0.717) is 17.0 Å². The van der Waals surface area contributed by atoms with Gasteiger partial charge in [0.15, 0.2) is 0 Å². The summed E-state index contributed by atoms with van der Waals surface area (Å²) < 4.78 is 18.2. The van der Waals surface area contributed by atoms with Crippen LogP contribution in [0.25, 0.3) is 0 Å². The van der Waals surface area contributed by atoms with Crippen LogP contribution in [-0.2, 0) is 4.79 Å². The highest BCUT2D eigenvalue weighted by atomic mass is 19.1. The summed E-state index contributed by atoms with van der Waals surface area (Å²) in [5, 5.41) is 12.3. The van der Waals surface area contributed by atoms with Gasteiger partial charge >= 0.3 is 5.97 Å². The van der Waals surface area contributed by atoms with Crippen LogP contribution in [0.5, 0.6) is 5.75 Å². The van der Waals surface area contributed by atoms with Crippen LogP contribution in [0.3, 0.4) is 0 Å². The third kappa shape index (κ3) is 3.72. The molecule has 0 spiro atoms. The summed E-state index contributed by atoms with van der Waals surface area (Å²) in [4.78, 5) is 11.4. The van der Waals surface area contributed by atoms with Crippen molar-refractivity contribution >= 4 is 11.7 Å². The van der Waals surface area contributed by atoms with Crippen molar-refractivity contribution in [3.63, 3.8) is 0 Å². The fraction of sp³-hybridized carbons (Fsp3) is 0.188. The lowest BCUT2D eigenvalue weighted by molar-refractivity contribution is -0.138. The molecule has 0 aliphatic rings. The highest BCUT2D eigenvalue weighted by molar-refractivity contribution is 5.77. The van der Waals surface area contributed by atoms with Gasteiger partial charge in [0.25, 0.3) is 0 Å². The molecular weight excluding hydrogens is 273 g/mol. The Morgan fingerprint density at radius 3 is 2.62 bits per heavy atom. The fourth-order valence-electron chi connectivity index (χ4n) is 2.06. The van der Waals surface area contributed by atoms with Crippen LogP contribution >= 0.6 is 0 Å². The van der Waals surface area contributed by atoms with Gasteiger partial charge in [0.05, 0.1) is 18.7 Å². The van der Waals surface area contributed by atoms with Crippen molar-refractivity contribution in [3.8, 4) is 5.75 Å². The number of benzene rings is 2. The Morgan fingerprint density at radius 1 is 1.29 bits per heavy atom. The van der Waals surface area contributed by atoms with Gasteiger partial charge in [0, 0.05) is 12.6 Å². The van der Waals surface area contributed by atoms with E-state index >= 15 is 0 Å². The zero-order valence-electron chi connectivity index (χ0n) is 11.5. The minimum atomic E-state index is -0.922. The van der Waals surface area contributed by atoms with E-state index in [1.165, 1.54) is 25.3 Å². The van der Waals surface area contributed by atoms with Gasteiger partial charge in [-0.05, 0) is 17.7 Å². The van der Waals surface area contributed by atoms with Gasteiger partial charge in [-0.3, -0.25) is 4.79 Å². The molecule has 5 heteroatoms. The van der Waals surface area contributed by atoms with Crippen molar-refractivity contribution < 1.29 is 19.0 Å². The second-order valence-electron chi connectivity index (χ2n) is 4.53. The van der Waals surface area contributed by atoms with Crippen LogP contribution in [-0.4, -0.2) is 24.7 Å². The number of anilines is 1. The average Bonchev–Trinajstić information content (AvgIpc) is 2.49. The number of carbonyl (C=O) groups is 1. The molecule has 2 N–H and O–H groups in total. The van der Waals surface area contributed by atoms with Gasteiger partial charge in [-0.25, -0.2) is 4.39 Å². The molecule has 2 aromatic carbocycles. The smallest absolute Gasteiger partial charge is 0.312 e. The van der Waals surface area contributed by atoms with E-state index in [2.05, 4.69) is 5.32 Å². The topological polar surface area (TPSA) is 58.6 Å². The molecule has 0 heterocycles. The number of halogens is 1. The van der Waals surface area contributed by atoms with Crippen molar-refractivity contribution in [1.29, 1.82) is 0 Å². The normalized spacial score (nSPS) is 11.7. The molecule has 0 amide bonds. The van der Waals surface area contributed by atoms with Crippen LogP contribution in [0.4, 0.5) is 10.1 Å². The van der Waals surface area contributed by atoms with E-state index in [-0.39, 0.29) is 6.54 Å². The van der Waals surface area contributed by atoms with E-state index in [4.69, 9.17) is 4.74 Å². The molecule has 21 heavy (non-hydrogen) atoms. The first-order valence-electron chi connectivity index (χ1n) is 6.47. The predicted octanol–water partition coefficient (Wildman–Crippen LogP) is 3.11. The standard InChI is InChI=1S/C16H16FNO3/c1-21-15-9-12(17)7-8-14(15)18-10-13(16(19)20)11-5-3-2-4-6-11/h2-9,13,18H,10H2,1H3,(H,19,20). The lowest BCUT2D eigenvalue weighted by atomic mass is 9.99. The lowest BCUT2D eigenvalue weighted by Crippen LogP contribution is -2.21. The Hall–Kier alpha value is -2.56. The van der Waals surface area contributed by atoms with Crippen molar-refractivity contribution in [2.75, 3.05) is 19.0 Å². The Kier molecular flexibility index (Phi) is 4.77. The van der Waals surface area contributed by atoms with E-state index in [9.17, 15) is 14.3 Å². The van der Waals surface area contributed by atoms with E-state index < -0.39 is 17.7 Å². The number of methoxy groups -OCH3 is 1. The molecule has 0 radical (unpaired) electrons. The Bertz CT molecular complexity index is 616. The first kappa shape index (κ1) is 14.8. The molecule has 0 aliphatic carbocycles. The number of aliphatic carboxylic acids is 1. The van der Waals surface area contributed by atoms with Crippen LogP contribution in [0.15, 0.2) is 48.5 Å². The van der Waals surface area contributed by atoms with Gasteiger partial charge in [0.1, 0.15) is 11.6 Å². The second kappa shape index (κ2) is 6.74. The predicted molar refractivity (Wildman–Crippen MR) is 78.3 cm³/mol. The van der Waals surface area contributed by atoms with Crippen LogP contribution < -0.4 is 10.1 Å². The minimum absolute atomic E-state index is 0.182. The fourth-order valence-corrected chi connectivity index (χ4v) is 2.06. The first-order chi connectivity index (χ1) is 10.1. The maximum atomic E-state index is 13.1. The van der Waals surface area contributed by atoms with Gasteiger partial charge in [-0.2, -0.15) is 0 Å². The lowest BCUT2D eigenvalue weighted by Gasteiger charge is -2.16. The molecule has 110 valence electrons. The highest BCUT2D eigenvalue weighted by Crippen LogP contribution is 2.26. The van der Waals surface area contributed by atoms with Crippen molar-refractivity contribution in [2.24, 2.45) is 0 Å². The van der Waals surface area contributed by atoms with Gasteiger partial charge < -0.3 is 15.2 Å². The van der Waals surface area contributed by atoms with Crippen LogP contribution in [0, 0.1) is 5.82 Å². The van der Waals surface area contributed by atoms with E-state index in [0.717, 1.165) is 0 Å². The van der Waals surface area contributed by atoms with Gasteiger partial charge in [-0.15, -0.1) is 0 Å². The molecule has 2 aromatic rings. The SMILES string of the molecule is COc1cc(F)ccc1NCC(C(=O)O)c1ccccc1. The number of rotatable bonds is 6. The maximum absolute atomic E-state index is 13.1. The van der Waals surface area contributed by atoms with Gasteiger partial charge in [-0.1, -0.05) is 30.3 Å². The quantitative estimate of drug-likeness (QED) is 0.858. The highest BCUT2D eigenvalue weighted by Gasteiger charge is 2.19. The molecule has 0 saturated carbocycles. The summed E-state index contributed by atoms with van der Waals surface area (Å²) in [6, 6.07) is 13.0. The molecule has 0 saturated heterocycles. The molecule has 0 aliphatic heterocycles.